The molecule has 0 aliphatic rings. The number of carbonyl (C=O) groups is 2. The lowest BCUT2D eigenvalue weighted by Gasteiger charge is -2.07. The quantitative estimate of drug-likeness (QED) is 0.121. The summed E-state index contributed by atoms with van der Waals surface area (Å²) in [7, 11) is 0. The molecule has 0 aliphatic heterocycles. The van der Waals surface area contributed by atoms with Crippen LogP contribution in [0.3, 0.4) is 0 Å². The van der Waals surface area contributed by atoms with Crippen LogP contribution in [0.25, 0.3) is 0 Å². The topological polar surface area (TPSA) is 86.2 Å². The minimum absolute atomic E-state index is 0.323. The van der Waals surface area contributed by atoms with Gasteiger partial charge in [-0.15, -0.1) is 0 Å². The van der Waals surface area contributed by atoms with E-state index in [1.807, 2.05) is 6.92 Å². The number of carbonyl (C=O) groups excluding carboxylic acids is 2. The number of benzene rings is 3. The molecule has 3 aromatic rings. The van der Waals surface area contributed by atoms with Crippen LogP contribution in [0.1, 0.15) is 59.4 Å². The first-order chi connectivity index (χ1) is 17.1. The average Bonchev–Trinajstić information content (AvgIpc) is 2.89. The van der Waals surface area contributed by atoms with Crippen molar-refractivity contribution in [1.82, 2.24) is 5.43 Å². The van der Waals surface area contributed by atoms with Gasteiger partial charge in [0.1, 0.15) is 17.2 Å². The van der Waals surface area contributed by atoms with Crippen LogP contribution in [0.4, 0.5) is 0 Å². The zero-order valence-electron chi connectivity index (χ0n) is 20.0. The van der Waals surface area contributed by atoms with Crippen LogP contribution >= 0.6 is 0 Å². The number of rotatable bonds is 12. The minimum Gasteiger partial charge on any atom is -0.494 e. The molecule has 3 aromatic carbocycles. The number of unbranched alkanes of at least 4 members (excludes halogenated alkanes) is 1. The van der Waals surface area contributed by atoms with E-state index in [4.69, 9.17) is 14.2 Å². The molecule has 0 atom stereocenters. The Labute approximate surface area is 205 Å². The summed E-state index contributed by atoms with van der Waals surface area (Å²) in [5.74, 6) is 1.08. The predicted molar refractivity (Wildman–Crippen MR) is 136 cm³/mol. The summed E-state index contributed by atoms with van der Waals surface area (Å²) in [5.41, 5.74) is 4.15. The Morgan fingerprint density at radius 3 is 1.91 bits per heavy atom. The van der Waals surface area contributed by atoms with E-state index in [1.54, 1.807) is 72.8 Å². The summed E-state index contributed by atoms with van der Waals surface area (Å²) < 4.78 is 16.5. The highest BCUT2D eigenvalue weighted by Crippen LogP contribution is 2.17. The Bertz CT molecular complexity index is 1110. The molecule has 7 nitrogen and oxygen atoms in total. The molecular formula is C28H30N2O5. The molecule has 0 fully saturated rings. The third-order valence-electron chi connectivity index (χ3n) is 4.92. The molecule has 0 radical (unpaired) electrons. The second kappa shape index (κ2) is 13.5. The van der Waals surface area contributed by atoms with Crippen molar-refractivity contribution in [3.05, 3.63) is 89.5 Å². The fourth-order valence-corrected chi connectivity index (χ4v) is 2.96. The largest absolute Gasteiger partial charge is 0.494 e. The first kappa shape index (κ1) is 25.5. The molecule has 182 valence electrons. The zero-order chi connectivity index (χ0) is 24.9. The number of ether oxygens (including phenoxy) is 3. The van der Waals surface area contributed by atoms with E-state index in [9.17, 15) is 9.59 Å². The Morgan fingerprint density at radius 1 is 0.743 bits per heavy atom. The van der Waals surface area contributed by atoms with Crippen LogP contribution in [0.2, 0.25) is 0 Å². The summed E-state index contributed by atoms with van der Waals surface area (Å²) >= 11 is 0. The monoisotopic (exact) mass is 474 g/mol. The molecule has 3 rings (SSSR count). The molecule has 1 amide bonds. The second-order valence-corrected chi connectivity index (χ2v) is 7.76. The average molecular weight is 475 g/mol. The Morgan fingerprint density at radius 2 is 1.31 bits per heavy atom. The van der Waals surface area contributed by atoms with E-state index in [0.29, 0.717) is 30.1 Å². The molecule has 7 heteroatoms. The fraction of sp³-hybridized carbons (Fsp3) is 0.250. The van der Waals surface area contributed by atoms with Crippen molar-refractivity contribution >= 4 is 18.1 Å². The lowest BCUT2D eigenvalue weighted by Crippen LogP contribution is -2.17. The standard InChI is InChI=1S/C28H30N2O5/c1-3-5-19-34-25-16-10-23(11-17-25)28(32)35-26-12-6-21(7-13-26)20-29-30-27(31)22-8-14-24(15-9-22)33-18-4-2/h6-17,20H,3-5,18-19H2,1-2H3,(H,30,31)/b29-20+. The number of hydrogen-bond donors (Lipinski definition) is 1. The van der Waals surface area contributed by atoms with Gasteiger partial charge in [0.15, 0.2) is 0 Å². The van der Waals surface area contributed by atoms with Crippen LogP contribution in [0.15, 0.2) is 77.9 Å². The van der Waals surface area contributed by atoms with Crippen LogP contribution in [-0.4, -0.2) is 31.3 Å². The van der Waals surface area contributed by atoms with Gasteiger partial charge in [0.25, 0.3) is 5.91 Å². The van der Waals surface area contributed by atoms with E-state index in [1.165, 1.54) is 6.21 Å². The van der Waals surface area contributed by atoms with Crippen LogP contribution < -0.4 is 19.6 Å². The maximum Gasteiger partial charge on any atom is 0.343 e. The van der Waals surface area contributed by atoms with Gasteiger partial charge in [0, 0.05) is 5.56 Å². The number of hydrazone groups is 1. The maximum atomic E-state index is 12.4. The number of nitrogens with zero attached hydrogens (tertiary/aromatic N) is 1. The zero-order valence-corrected chi connectivity index (χ0v) is 20.0. The van der Waals surface area contributed by atoms with Crippen molar-refractivity contribution in [1.29, 1.82) is 0 Å². The molecule has 0 bridgehead atoms. The third-order valence-corrected chi connectivity index (χ3v) is 4.92. The van der Waals surface area contributed by atoms with Gasteiger partial charge in [0.2, 0.25) is 0 Å². The van der Waals surface area contributed by atoms with Gasteiger partial charge in [-0.25, -0.2) is 10.2 Å². The van der Waals surface area contributed by atoms with Crippen molar-refractivity contribution in [2.24, 2.45) is 5.10 Å². The lowest BCUT2D eigenvalue weighted by atomic mass is 10.2. The van der Waals surface area contributed by atoms with Crippen molar-refractivity contribution < 1.29 is 23.8 Å². The molecule has 0 spiro atoms. The van der Waals surface area contributed by atoms with Crippen LogP contribution in [0, 0.1) is 0 Å². The van der Waals surface area contributed by atoms with E-state index in [-0.39, 0.29) is 5.91 Å². The normalized spacial score (nSPS) is 10.7. The Kier molecular flexibility index (Phi) is 9.87. The fourth-order valence-electron chi connectivity index (χ4n) is 2.96. The van der Waals surface area contributed by atoms with E-state index in [0.717, 1.165) is 36.3 Å². The van der Waals surface area contributed by atoms with Gasteiger partial charge in [-0.05, 0) is 91.2 Å². The molecule has 0 unspecified atom stereocenters. The van der Waals surface area contributed by atoms with Gasteiger partial charge in [-0.3, -0.25) is 4.79 Å². The van der Waals surface area contributed by atoms with Gasteiger partial charge < -0.3 is 14.2 Å². The number of nitrogens with one attached hydrogen (secondary N) is 1. The van der Waals surface area contributed by atoms with E-state index < -0.39 is 5.97 Å². The molecule has 0 saturated heterocycles. The summed E-state index contributed by atoms with van der Waals surface area (Å²) in [6.07, 6.45) is 4.48. The van der Waals surface area contributed by atoms with Crippen molar-refractivity contribution in [3.63, 3.8) is 0 Å². The van der Waals surface area contributed by atoms with Crippen LogP contribution in [-0.2, 0) is 0 Å². The molecular weight excluding hydrogens is 444 g/mol. The summed E-state index contributed by atoms with van der Waals surface area (Å²) in [5, 5.41) is 3.99. The minimum atomic E-state index is -0.454. The first-order valence-electron chi connectivity index (χ1n) is 11.7. The lowest BCUT2D eigenvalue weighted by molar-refractivity contribution is 0.0734. The maximum absolute atomic E-state index is 12.4. The Hall–Kier alpha value is -4.13. The Balaban J connectivity index is 1.47. The highest BCUT2D eigenvalue weighted by molar-refractivity contribution is 5.95. The van der Waals surface area contributed by atoms with Gasteiger partial charge in [-0.2, -0.15) is 5.10 Å². The van der Waals surface area contributed by atoms with Crippen molar-refractivity contribution in [2.45, 2.75) is 33.1 Å². The number of amides is 1. The summed E-state index contributed by atoms with van der Waals surface area (Å²) in [6.45, 7) is 5.42. The molecule has 0 aliphatic carbocycles. The van der Waals surface area contributed by atoms with Crippen molar-refractivity contribution in [2.75, 3.05) is 13.2 Å². The second-order valence-electron chi connectivity index (χ2n) is 7.76. The van der Waals surface area contributed by atoms with E-state index >= 15 is 0 Å². The first-order valence-corrected chi connectivity index (χ1v) is 11.7. The smallest absolute Gasteiger partial charge is 0.343 e. The summed E-state index contributed by atoms with van der Waals surface area (Å²) in [6, 6.07) is 20.6. The molecule has 1 N–H and O–H groups in total. The highest BCUT2D eigenvalue weighted by atomic mass is 16.5. The van der Waals surface area contributed by atoms with Gasteiger partial charge in [0.05, 0.1) is 25.0 Å². The van der Waals surface area contributed by atoms with Crippen LogP contribution in [0.5, 0.6) is 17.2 Å². The number of hydrogen-bond acceptors (Lipinski definition) is 6. The highest BCUT2D eigenvalue weighted by Gasteiger charge is 2.09. The molecule has 0 aromatic heterocycles. The molecule has 0 heterocycles. The molecule has 0 saturated carbocycles. The van der Waals surface area contributed by atoms with E-state index in [2.05, 4.69) is 17.5 Å². The SMILES string of the molecule is CCCCOc1ccc(C(=O)Oc2ccc(/C=N/NC(=O)c3ccc(OCCC)cc3)cc2)cc1. The third kappa shape index (κ3) is 8.30. The van der Waals surface area contributed by atoms with Crippen molar-refractivity contribution in [3.8, 4) is 17.2 Å². The summed E-state index contributed by atoms with van der Waals surface area (Å²) in [4.78, 5) is 24.6. The predicted octanol–water partition coefficient (Wildman–Crippen LogP) is 5.64. The van der Waals surface area contributed by atoms with Gasteiger partial charge in [-0.1, -0.05) is 20.3 Å². The number of esters is 1. The van der Waals surface area contributed by atoms with Gasteiger partial charge >= 0.3 is 5.97 Å². The molecule has 35 heavy (non-hydrogen) atoms.